The van der Waals surface area contributed by atoms with Gasteiger partial charge in [0, 0.05) is 16.5 Å². The van der Waals surface area contributed by atoms with E-state index in [-0.39, 0.29) is 5.75 Å². The molecular formula is C16H15BrN3O+. The Kier molecular flexibility index (Phi) is 3.22. The average molecular weight is 345 g/mol. The van der Waals surface area contributed by atoms with Gasteiger partial charge in [0.05, 0.1) is 15.7 Å². The number of fused-ring (bicyclic) bond motifs is 1. The van der Waals surface area contributed by atoms with Gasteiger partial charge in [-0.15, -0.1) is 0 Å². The molecule has 3 aromatic rings. The van der Waals surface area contributed by atoms with Gasteiger partial charge >= 0.3 is 0 Å². The Balaban J connectivity index is 2.20. The Hall–Kier alpha value is -2.27. The number of rotatable bonds is 2. The second-order valence-corrected chi connectivity index (χ2v) is 5.94. The number of benzene rings is 2. The zero-order chi connectivity index (χ0) is 15.1. The number of phenolic OH excluding ortho intramolecular Hbond substituents is 1. The molecule has 0 saturated heterocycles. The number of halogens is 1. The number of aromatic hydroxyl groups is 1. The van der Waals surface area contributed by atoms with E-state index in [1.807, 2.05) is 43.3 Å². The number of aromatic nitrogens is 1. The molecule has 0 radical (unpaired) electrons. The van der Waals surface area contributed by atoms with Crippen LogP contribution >= 0.6 is 15.9 Å². The molecule has 106 valence electrons. The van der Waals surface area contributed by atoms with Crippen LogP contribution in [0, 0.1) is 6.92 Å². The van der Waals surface area contributed by atoms with Crippen LogP contribution in [-0.4, -0.2) is 15.9 Å². The standard InChI is InChI=1S/C16H14BrN3O/c1-8-4-11(15(21)12(17)5-8)14-7-10-6-9(16(18)19)2-3-13(10)20-14/h2-7,20-21H,1H3,(H3,18,19)/p+1. The van der Waals surface area contributed by atoms with Crippen LogP contribution in [0.3, 0.4) is 0 Å². The molecule has 1 heterocycles. The monoisotopic (exact) mass is 344 g/mol. The highest BCUT2D eigenvalue weighted by molar-refractivity contribution is 9.10. The maximum atomic E-state index is 10.2. The van der Waals surface area contributed by atoms with Crippen molar-refractivity contribution >= 4 is 32.7 Å². The number of nitrogens with two attached hydrogens (primary N) is 2. The second kappa shape index (κ2) is 4.93. The van der Waals surface area contributed by atoms with Crippen molar-refractivity contribution in [3.63, 3.8) is 0 Å². The Morgan fingerprint density at radius 2 is 2.00 bits per heavy atom. The molecule has 4 nitrogen and oxygen atoms in total. The predicted octanol–water partition coefficient (Wildman–Crippen LogP) is 2.08. The predicted molar refractivity (Wildman–Crippen MR) is 88.1 cm³/mol. The summed E-state index contributed by atoms with van der Waals surface area (Å²) in [5.41, 5.74) is 10.0. The van der Waals surface area contributed by atoms with Crippen molar-refractivity contribution in [2.45, 2.75) is 6.92 Å². The lowest BCUT2D eigenvalue weighted by Gasteiger charge is -2.06. The number of hydrogen-bond acceptors (Lipinski definition) is 1. The van der Waals surface area contributed by atoms with Gasteiger partial charge < -0.3 is 10.1 Å². The van der Waals surface area contributed by atoms with Crippen molar-refractivity contribution in [1.82, 2.24) is 4.98 Å². The fourth-order valence-corrected chi connectivity index (χ4v) is 2.97. The van der Waals surface area contributed by atoms with E-state index < -0.39 is 0 Å². The minimum Gasteiger partial charge on any atom is -0.506 e. The van der Waals surface area contributed by atoms with Crippen molar-refractivity contribution in [3.05, 3.63) is 52.0 Å². The summed E-state index contributed by atoms with van der Waals surface area (Å²) >= 11 is 3.37. The molecule has 2 aromatic carbocycles. The zero-order valence-corrected chi connectivity index (χ0v) is 13.0. The normalized spacial score (nSPS) is 11.0. The molecule has 0 saturated carbocycles. The van der Waals surface area contributed by atoms with Crippen LogP contribution < -0.4 is 11.1 Å². The van der Waals surface area contributed by atoms with Crippen molar-refractivity contribution in [1.29, 1.82) is 0 Å². The first-order valence-electron chi connectivity index (χ1n) is 6.46. The number of H-pyrrole nitrogens is 1. The topological polar surface area (TPSA) is 87.6 Å². The Labute approximate surface area is 130 Å². The quantitative estimate of drug-likeness (QED) is 0.423. The highest BCUT2D eigenvalue weighted by atomic mass is 79.9. The van der Waals surface area contributed by atoms with Gasteiger partial charge in [0.1, 0.15) is 5.75 Å². The van der Waals surface area contributed by atoms with E-state index in [0.717, 1.165) is 33.3 Å². The highest BCUT2D eigenvalue weighted by Gasteiger charge is 2.12. The van der Waals surface area contributed by atoms with E-state index in [1.165, 1.54) is 0 Å². The minimum absolute atomic E-state index is 0.220. The summed E-state index contributed by atoms with van der Waals surface area (Å²) in [4.78, 5) is 3.30. The average Bonchev–Trinajstić information content (AvgIpc) is 2.85. The van der Waals surface area contributed by atoms with Crippen LogP contribution in [-0.2, 0) is 0 Å². The molecule has 0 aliphatic rings. The first kappa shape index (κ1) is 13.7. The Bertz CT molecular complexity index is 867. The van der Waals surface area contributed by atoms with Crippen LogP contribution in [0.15, 0.2) is 40.9 Å². The molecule has 0 fully saturated rings. The lowest BCUT2D eigenvalue weighted by Crippen LogP contribution is -2.46. The van der Waals surface area contributed by atoms with Crippen LogP contribution in [0.5, 0.6) is 5.75 Å². The molecule has 3 rings (SSSR count). The zero-order valence-electron chi connectivity index (χ0n) is 11.4. The molecule has 1 aromatic heterocycles. The van der Waals surface area contributed by atoms with E-state index >= 15 is 0 Å². The van der Waals surface area contributed by atoms with Gasteiger partial charge in [-0.1, -0.05) is 0 Å². The largest absolute Gasteiger partial charge is 0.506 e. The van der Waals surface area contributed by atoms with Crippen molar-refractivity contribution in [2.75, 3.05) is 0 Å². The molecule has 0 amide bonds. The first-order valence-corrected chi connectivity index (χ1v) is 7.25. The molecule has 0 spiro atoms. The fourth-order valence-electron chi connectivity index (χ4n) is 2.40. The van der Waals surface area contributed by atoms with E-state index in [9.17, 15) is 5.11 Å². The molecule has 6 N–H and O–H groups in total. The summed E-state index contributed by atoms with van der Waals surface area (Å²) in [6.07, 6.45) is 0. The van der Waals surface area contributed by atoms with Gasteiger partial charge in [0.2, 0.25) is 0 Å². The maximum Gasteiger partial charge on any atom is 0.270 e. The van der Waals surface area contributed by atoms with Crippen molar-refractivity contribution < 1.29 is 10.5 Å². The number of aryl methyl sites for hydroxylation is 1. The summed E-state index contributed by atoms with van der Waals surface area (Å²) in [6, 6.07) is 11.5. The number of aromatic amines is 1. The number of amidine groups is 1. The highest BCUT2D eigenvalue weighted by Crippen LogP contribution is 2.37. The molecule has 0 bridgehead atoms. The Morgan fingerprint density at radius 3 is 2.71 bits per heavy atom. The van der Waals surface area contributed by atoms with Crippen molar-refractivity contribution in [3.8, 4) is 17.0 Å². The van der Waals surface area contributed by atoms with Crippen LogP contribution in [0.1, 0.15) is 11.1 Å². The number of hydrogen-bond donors (Lipinski definition) is 4. The molecular weight excluding hydrogens is 330 g/mol. The van der Waals surface area contributed by atoms with Gasteiger partial charge in [-0.25, -0.2) is 0 Å². The summed E-state index contributed by atoms with van der Waals surface area (Å²) in [5, 5.41) is 16.9. The summed E-state index contributed by atoms with van der Waals surface area (Å²) in [5.74, 6) is 0.512. The van der Waals surface area contributed by atoms with E-state index in [4.69, 9.17) is 11.1 Å². The third kappa shape index (κ3) is 2.40. The van der Waals surface area contributed by atoms with Crippen LogP contribution in [0.4, 0.5) is 0 Å². The lowest BCUT2D eigenvalue weighted by atomic mass is 10.1. The number of phenols is 1. The fraction of sp³-hybridized carbons (Fsp3) is 0.0625. The SMILES string of the molecule is Cc1cc(Br)c(O)c(-c2cc3cc(C(N)=[NH2+])ccc3[nH]2)c1. The Morgan fingerprint density at radius 1 is 1.24 bits per heavy atom. The van der Waals surface area contributed by atoms with Gasteiger partial charge in [-0.2, -0.15) is 0 Å². The third-order valence-corrected chi connectivity index (χ3v) is 4.06. The summed E-state index contributed by atoms with van der Waals surface area (Å²) in [7, 11) is 0. The summed E-state index contributed by atoms with van der Waals surface area (Å²) in [6.45, 7) is 1.98. The molecule has 0 atom stereocenters. The molecule has 0 unspecified atom stereocenters. The van der Waals surface area contributed by atoms with Gasteiger partial charge in [-0.3, -0.25) is 11.1 Å². The van der Waals surface area contributed by atoms with Crippen LogP contribution in [0.2, 0.25) is 0 Å². The molecule has 5 heteroatoms. The van der Waals surface area contributed by atoms with Crippen LogP contribution in [0.25, 0.3) is 22.2 Å². The third-order valence-electron chi connectivity index (χ3n) is 3.45. The lowest BCUT2D eigenvalue weighted by molar-refractivity contribution is -0.114. The van der Waals surface area contributed by atoms with E-state index in [1.54, 1.807) is 0 Å². The first-order chi connectivity index (χ1) is 9.95. The van der Waals surface area contributed by atoms with E-state index in [0.29, 0.717) is 10.3 Å². The smallest absolute Gasteiger partial charge is 0.270 e. The van der Waals surface area contributed by atoms with Gasteiger partial charge in [-0.05, 0) is 64.8 Å². The maximum absolute atomic E-state index is 10.2. The second-order valence-electron chi connectivity index (χ2n) is 5.08. The minimum atomic E-state index is 0.220. The van der Waals surface area contributed by atoms with Crippen molar-refractivity contribution in [2.24, 2.45) is 5.73 Å². The van der Waals surface area contributed by atoms with Gasteiger partial charge in [0.15, 0.2) is 0 Å². The van der Waals surface area contributed by atoms with Gasteiger partial charge in [0.25, 0.3) is 5.84 Å². The molecule has 21 heavy (non-hydrogen) atoms. The molecule has 0 aliphatic heterocycles. The molecule has 0 aliphatic carbocycles. The van der Waals surface area contributed by atoms with E-state index in [2.05, 4.69) is 20.9 Å². The summed E-state index contributed by atoms with van der Waals surface area (Å²) < 4.78 is 0.677. The number of nitrogens with one attached hydrogen (secondary N) is 1.